The van der Waals surface area contributed by atoms with Gasteiger partial charge in [0.25, 0.3) is 0 Å². The van der Waals surface area contributed by atoms with Gasteiger partial charge >= 0.3 is 5.76 Å². The largest absolute Gasteiger partial charge is 0.420 e. The van der Waals surface area contributed by atoms with E-state index in [1.54, 1.807) is 11.0 Å². The molecule has 2 atom stereocenters. The maximum absolute atomic E-state index is 13.2. The van der Waals surface area contributed by atoms with E-state index >= 15 is 0 Å². The van der Waals surface area contributed by atoms with E-state index < -0.39 is 15.8 Å². The van der Waals surface area contributed by atoms with Crippen LogP contribution in [0.25, 0.3) is 11.1 Å². The summed E-state index contributed by atoms with van der Waals surface area (Å²) in [6.07, 6.45) is 1.00. The van der Waals surface area contributed by atoms with Gasteiger partial charge in [-0.2, -0.15) is 4.31 Å². The topological polar surface area (TPSA) is 96.1 Å². The summed E-state index contributed by atoms with van der Waals surface area (Å²) in [7, 11) is -3.69. The molecule has 0 spiro atoms. The van der Waals surface area contributed by atoms with E-state index in [4.69, 9.17) is 4.42 Å². The van der Waals surface area contributed by atoms with Gasteiger partial charge in [-0.1, -0.05) is 20.8 Å². The SMILES string of the molecule is CCN1CCN(C(=O)Cn2c(=O)oc3cc(S(=O)(=O)N4C[C@H](C)C[C@@H](C)C4)ccc32)CC1. The second-order valence-electron chi connectivity index (χ2n) is 9.17. The molecule has 0 radical (unpaired) electrons. The van der Waals surface area contributed by atoms with Crippen molar-refractivity contribution < 1.29 is 17.6 Å². The van der Waals surface area contributed by atoms with Crippen LogP contribution in [-0.2, 0) is 21.4 Å². The molecule has 176 valence electrons. The first-order valence-electron chi connectivity index (χ1n) is 11.3. The highest BCUT2D eigenvalue weighted by molar-refractivity contribution is 7.89. The monoisotopic (exact) mass is 464 g/mol. The molecule has 32 heavy (non-hydrogen) atoms. The first kappa shape index (κ1) is 23.0. The number of nitrogens with zero attached hydrogens (tertiary/aromatic N) is 4. The highest BCUT2D eigenvalue weighted by atomic mass is 32.2. The third kappa shape index (κ3) is 4.49. The third-order valence-corrected chi connectivity index (χ3v) is 8.41. The van der Waals surface area contributed by atoms with Crippen molar-refractivity contribution in [1.29, 1.82) is 0 Å². The molecule has 0 saturated carbocycles. The van der Waals surface area contributed by atoms with Crippen molar-refractivity contribution in [3.05, 3.63) is 28.7 Å². The van der Waals surface area contributed by atoms with Gasteiger partial charge in [0, 0.05) is 45.3 Å². The maximum Gasteiger partial charge on any atom is 0.420 e. The molecule has 0 bridgehead atoms. The van der Waals surface area contributed by atoms with Gasteiger partial charge in [0.2, 0.25) is 15.9 Å². The number of hydrogen-bond donors (Lipinski definition) is 0. The minimum atomic E-state index is -3.69. The summed E-state index contributed by atoms with van der Waals surface area (Å²) in [4.78, 5) is 29.4. The number of carbonyl (C=O) groups excluding carboxylic acids is 1. The first-order chi connectivity index (χ1) is 15.2. The molecule has 2 aliphatic heterocycles. The molecular weight excluding hydrogens is 432 g/mol. The molecule has 2 saturated heterocycles. The Labute approximate surface area is 188 Å². The number of carbonyl (C=O) groups is 1. The van der Waals surface area contributed by atoms with Crippen molar-refractivity contribution in [1.82, 2.24) is 18.7 Å². The Morgan fingerprint density at radius 3 is 2.38 bits per heavy atom. The van der Waals surface area contributed by atoms with Crippen LogP contribution in [0.4, 0.5) is 0 Å². The van der Waals surface area contributed by atoms with E-state index in [-0.39, 0.29) is 22.9 Å². The molecule has 1 aromatic carbocycles. The number of fused-ring (bicyclic) bond motifs is 1. The molecule has 0 aliphatic carbocycles. The Kier molecular flexibility index (Phi) is 6.46. The average molecular weight is 465 g/mol. The summed E-state index contributed by atoms with van der Waals surface area (Å²) in [5, 5.41) is 0. The zero-order valence-electron chi connectivity index (χ0n) is 19.0. The van der Waals surface area contributed by atoms with Gasteiger partial charge in [-0.25, -0.2) is 13.2 Å². The molecule has 4 rings (SSSR count). The number of oxazole rings is 1. The van der Waals surface area contributed by atoms with E-state index in [9.17, 15) is 18.0 Å². The lowest BCUT2D eigenvalue weighted by molar-refractivity contribution is -0.133. The Balaban J connectivity index is 1.55. The normalized spacial score (nSPS) is 23.7. The predicted octanol–water partition coefficient (Wildman–Crippen LogP) is 1.43. The Hall–Kier alpha value is -2.17. The average Bonchev–Trinajstić information content (AvgIpc) is 3.07. The minimum Gasteiger partial charge on any atom is -0.408 e. The van der Waals surface area contributed by atoms with Gasteiger partial charge < -0.3 is 14.2 Å². The van der Waals surface area contributed by atoms with Crippen LogP contribution in [0.5, 0.6) is 0 Å². The standard InChI is InChI=1S/C22H32N4O5S/c1-4-23-7-9-24(10-8-23)21(27)15-26-19-6-5-18(12-20(19)31-22(26)28)32(29,30)25-13-16(2)11-17(3)14-25/h5-6,12,16-17H,4,7-11,13-15H2,1-3H3/t16-,17-/m1/s1. The number of rotatable bonds is 5. The summed E-state index contributed by atoms with van der Waals surface area (Å²) in [5.41, 5.74) is 0.604. The van der Waals surface area contributed by atoms with Gasteiger partial charge in [0.05, 0.1) is 10.4 Å². The van der Waals surface area contributed by atoms with Crippen molar-refractivity contribution >= 4 is 27.0 Å². The molecule has 0 unspecified atom stereocenters. The molecule has 9 nitrogen and oxygen atoms in total. The van der Waals surface area contributed by atoms with Crippen LogP contribution in [0.2, 0.25) is 0 Å². The van der Waals surface area contributed by atoms with E-state index in [0.717, 1.165) is 26.1 Å². The van der Waals surface area contributed by atoms with Crippen molar-refractivity contribution in [2.45, 2.75) is 38.6 Å². The Bertz CT molecular complexity index is 1140. The number of piperidine rings is 1. The summed E-state index contributed by atoms with van der Waals surface area (Å²) in [6.45, 7) is 10.9. The van der Waals surface area contributed by atoms with Gasteiger partial charge in [-0.15, -0.1) is 0 Å². The number of sulfonamides is 1. The number of hydrogen-bond acceptors (Lipinski definition) is 6. The first-order valence-corrected chi connectivity index (χ1v) is 12.8. The molecule has 2 fully saturated rings. The Morgan fingerprint density at radius 2 is 1.75 bits per heavy atom. The quantitative estimate of drug-likeness (QED) is 0.664. The molecule has 2 aliphatic rings. The van der Waals surface area contributed by atoms with Crippen LogP contribution in [0.1, 0.15) is 27.2 Å². The lowest BCUT2D eigenvalue weighted by Crippen LogP contribution is -2.49. The third-order valence-electron chi connectivity index (χ3n) is 6.58. The zero-order chi connectivity index (χ0) is 23.0. The summed E-state index contributed by atoms with van der Waals surface area (Å²) in [5.74, 6) is -0.211. The van der Waals surface area contributed by atoms with Crippen LogP contribution in [0, 0.1) is 11.8 Å². The van der Waals surface area contributed by atoms with Crippen LogP contribution in [0.3, 0.4) is 0 Å². The van der Waals surface area contributed by atoms with Crippen molar-refractivity contribution in [2.75, 3.05) is 45.8 Å². The lowest BCUT2D eigenvalue weighted by Gasteiger charge is -2.34. The van der Waals surface area contributed by atoms with Crippen molar-refractivity contribution in [3.63, 3.8) is 0 Å². The second-order valence-corrected chi connectivity index (χ2v) is 11.1. The molecule has 1 amide bonds. The van der Waals surface area contributed by atoms with Crippen molar-refractivity contribution in [3.8, 4) is 0 Å². The smallest absolute Gasteiger partial charge is 0.408 e. The fraction of sp³-hybridized carbons (Fsp3) is 0.636. The maximum atomic E-state index is 13.2. The number of benzene rings is 1. The second kappa shape index (κ2) is 8.99. The highest BCUT2D eigenvalue weighted by Gasteiger charge is 2.32. The van der Waals surface area contributed by atoms with E-state index in [1.165, 1.54) is 21.0 Å². The Morgan fingerprint density at radius 1 is 1.09 bits per heavy atom. The lowest BCUT2D eigenvalue weighted by atomic mass is 9.94. The molecular formula is C22H32N4O5S. The number of aromatic nitrogens is 1. The van der Waals surface area contributed by atoms with Crippen LogP contribution >= 0.6 is 0 Å². The number of likely N-dealkylation sites (N-methyl/N-ethyl adjacent to an activating group) is 1. The van der Waals surface area contributed by atoms with E-state index in [0.29, 0.717) is 43.5 Å². The summed E-state index contributed by atoms with van der Waals surface area (Å²) >= 11 is 0. The van der Waals surface area contributed by atoms with Gasteiger partial charge in [-0.3, -0.25) is 9.36 Å². The zero-order valence-corrected chi connectivity index (χ0v) is 19.8. The summed E-state index contributed by atoms with van der Waals surface area (Å²) < 4.78 is 34.5. The van der Waals surface area contributed by atoms with Crippen LogP contribution < -0.4 is 5.76 Å². The number of amides is 1. The highest BCUT2D eigenvalue weighted by Crippen LogP contribution is 2.28. The minimum absolute atomic E-state index is 0.106. The molecule has 1 aromatic heterocycles. The van der Waals surface area contributed by atoms with Crippen molar-refractivity contribution in [2.24, 2.45) is 11.8 Å². The fourth-order valence-electron chi connectivity index (χ4n) is 4.86. The molecule has 3 heterocycles. The van der Waals surface area contributed by atoms with Gasteiger partial charge in [-0.05, 0) is 36.9 Å². The summed E-state index contributed by atoms with van der Waals surface area (Å²) in [6, 6.07) is 4.46. The number of piperazine rings is 1. The van der Waals surface area contributed by atoms with Gasteiger partial charge in [0.1, 0.15) is 6.54 Å². The fourth-order valence-corrected chi connectivity index (χ4v) is 6.55. The predicted molar refractivity (Wildman–Crippen MR) is 121 cm³/mol. The molecule has 0 N–H and O–H groups in total. The molecule has 10 heteroatoms. The van der Waals surface area contributed by atoms with E-state index in [2.05, 4.69) is 25.7 Å². The van der Waals surface area contributed by atoms with E-state index in [1.807, 2.05) is 0 Å². The van der Waals surface area contributed by atoms with Crippen LogP contribution in [-0.4, -0.2) is 78.8 Å². The van der Waals surface area contributed by atoms with Crippen LogP contribution in [0.15, 0.2) is 32.3 Å². The van der Waals surface area contributed by atoms with Gasteiger partial charge in [0.15, 0.2) is 5.58 Å². The molecule has 2 aromatic rings.